The third-order valence-electron chi connectivity index (χ3n) is 4.46. The van der Waals surface area contributed by atoms with Gasteiger partial charge in [-0.1, -0.05) is 36.4 Å². The van der Waals surface area contributed by atoms with Crippen molar-refractivity contribution in [1.82, 2.24) is 5.32 Å². The molecule has 0 aromatic heterocycles. The Morgan fingerprint density at radius 2 is 1.76 bits per heavy atom. The van der Waals surface area contributed by atoms with Crippen molar-refractivity contribution in [1.29, 1.82) is 0 Å². The van der Waals surface area contributed by atoms with Crippen LogP contribution >= 0.6 is 0 Å². The third-order valence-corrected chi connectivity index (χ3v) is 4.46. The van der Waals surface area contributed by atoms with Crippen LogP contribution in [0.3, 0.4) is 0 Å². The van der Waals surface area contributed by atoms with Crippen molar-refractivity contribution in [2.45, 2.75) is 19.4 Å². The summed E-state index contributed by atoms with van der Waals surface area (Å²) in [5.74, 6) is -0.0339. The van der Waals surface area contributed by atoms with Crippen molar-refractivity contribution < 1.29 is 14.3 Å². The maximum Gasteiger partial charge on any atom is 0.228 e. The number of benzene rings is 2. The van der Waals surface area contributed by atoms with Gasteiger partial charge < -0.3 is 15.4 Å². The van der Waals surface area contributed by atoms with E-state index in [1.165, 1.54) is 0 Å². The lowest BCUT2D eigenvalue weighted by Crippen LogP contribution is -2.29. The molecule has 0 saturated heterocycles. The first-order valence-electron chi connectivity index (χ1n) is 8.38. The number of carbonyl (C=O) groups excluding carboxylic acids is 2. The fraction of sp³-hybridized carbons (Fsp3) is 0.300. The van der Waals surface area contributed by atoms with E-state index >= 15 is 0 Å². The van der Waals surface area contributed by atoms with Gasteiger partial charge in [-0.2, -0.15) is 0 Å². The predicted octanol–water partition coefficient (Wildman–Crippen LogP) is 3.15. The molecule has 0 heterocycles. The number of carbonyl (C=O) groups is 2. The molecule has 1 aliphatic carbocycles. The number of anilines is 1. The molecule has 1 aliphatic rings. The topological polar surface area (TPSA) is 67.4 Å². The molecule has 0 bridgehead atoms. The number of nitrogens with one attached hydrogen (secondary N) is 2. The first-order valence-corrected chi connectivity index (χ1v) is 8.38. The third kappa shape index (κ3) is 4.18. The zero-order chi connectivity index (χ0) is 17.8. The van der Waals surface area contributed by atoms with E-state index in [0.717, 1.165) is 5.56 Å². The normalized spacial score (nSPS) is 19.6. The van der Waals surface area contributed by atoms with Gasteiger partial charge in [0, 0.05) is 11.8 Å². The van der Waals surface area contributed by atoms with Crippen LogP contribution in [0.4, 0.5) is 5.69 Å². The highest BCUT2D eigenvalue weighted by molar-refractivity contribution is 5.99. The molecule has 25 heavy (non-hydrogen) atoms. The van der Waals surface area contributed by atoms with Crippen molar-refractivity contribution >= 4 is 17.5 Å². The minimum atomic E-state index is -0.269. The van der Waals surface area contributed by atoms with Crippen LogP contribution in [-0.4, -0.2) is 18.9 Å². The maximum atomic E-state index is 12.3. The zero-order valence-electron chi connectivity index (χ0n) is 14.4. The van der Waals surface area contributed by atoms with Gasteiger partial charge in [-0.15, -0.1) is 0 Å². The fourth-order valence-corrected chi connectivity index (χ4v) is 2.86. The first kappa shape index (κ1) is 17.0. The maximum absolute atomic E-state index is 12.3. The Labute approximate surface area is 147 Å². The van der Waals surface area contributed by atoms with Crippen LogP contribution in [0.15, 0.2) is 54.6 Å². The van der Waals surface area contributed by atoms with Crippen LogP contribution in [-0.2, 0) is 9.59 Å². The van der Waals surface area contributed by atoms with E-state index in [1.54, 1.807) is 19.2 Å². The molecule has 130 valence electrons. The van der Waals surface area contributed by atoms with Crippen LogP contribution in [0.5, 0.6) is 5.75 Å². The van der Waals surface area contributed by atoms with Crippen molar-refractivity contribution in [2.24, 2.45) is 11.8 Å². The van der Waals surface area contributed by atoms with Crippen molar-refractivity contribution in [3.63, 3.8) is 0 Å². The standard InChI is InChI=1S/C20H22N2O3/c1-13(14-7-4-3-5-8-14)21-19(23)17-12-18(17)20(24)22-15-9-6-10-16(11-15)25-2/h3-11,13,17-18H,12H2,1-2H3,(H,21,23)(H,22,24). The second kappa shape index (κ2) is 7.38. The number of hydrogen-bond acceptors (Lipinski definition) is 3. The second-order valence-corrected chi connectivity index (χ2v) is 6.31. The summed E-state index contributed by atoms with van der Waals surface area (Å²) in [6, 6.07) is 16.9. The highest BCUT2D eigenvalue weighted by Crippen LogP contribution is 2.40. The quantitative estimate of drug-likeness (QED) is 0.850. The Morgan fingerprint density at radius 1 is 1.04 bits per heavy atom. The summed E-state index contributed by atoms with van der Waals surface area (Å²) in [7, 11) is 1.58. The van der Waals surface area contributed by atoms with E-state index in [0.29, 0.717) is 17.9 Å². The molecule has 0 aliphatic heterocycles. The Hall–Kier alpha value is -2.82. The minimum absolute atomic E-state index is 0.0675. The fourth-order valence-electron chi connectivity index (χ4n) is 2.86. The largest absolute Gasteiger partial charge is 0.497 e. The van der Waals surface area contributed by atoms with E-state index in [9.17, 15) is 9.59 Å². The number of rotatable bonds is 6. The SMILES string of the molecule is COc1cccc(NC(=O)C2CC2C(=O)NC(C)c2ccccc2)c1. The van der Waals surface area contributed by atoms with Crippen LogP contribution in [0.1, 0.15) is 24.9 Å². The number of methoxy groups -OCH3 is 1. The summed E-state index contributed by atoms with van der Waals surface area (Å²) in [5, 5.41) is 5.84. The summed E-state index contributed by atoms with van der Waals surface area (Å²) in [5.41, 5.74) is 1.72. The van der Waals surface area contributed by atoms with Crippen LogP contribution in [0, 0.1) is 11.8 Å². The summed E-state index contributed by atoms with van der Waals surface area (Å²) in [6.07, 6.45) is 0.586. The Morgan fingerprint density at radius 3 is 2.48 bits per heavy atom. The number of amides is 2. The highest BCUT2D eigenvalue weighted by atomic mass is 16.5. The average molecular weight is 338 g/mol. The van der Waals surface area contributed by atoms with Crippen LogP contribution in [0.2, 0.25) is 0 Å². The Bertz CT molecular complexity index is 761. The van der Waals surface area contributed by atoms with Gasteiger partial charge in [0.05, 0.1) is 25.0 Å². The molecule has 3 atom stereocenters. The van der Waals surface area contributed by atoms with Gasteiger partial charge >= 0.3 is 0 Å². The van der Waals surface area contributed by atoms with E-state index in [2.05, 4.69) is 10.6 Å². The van der Waals surface area contributed by atoms with Crippen molar-refractivity contribution in [3.8, 4) is 5.75 Å². The number of ether oxygens (including phenoxy) is 1. The van der Waals surface area contributed by atoms with Gasteiger partial charge in [-0.05, 0) is 31.0 Å². The summed E-state index contributed by atoms with van der Waals surface area (Å²) in [6.45, 7) is 1.95. The van der Waals surface area contributed by atoms with E-state index in [4.69, 9.17) is 4.74 Å². The number of hydrogen-bond donors (Lipinski definition) is 2. The average Bonchev–Trinajstić information content (AvgIpc) is 3.43. The van der Waals surface area contributed by atoms with Gasteiger partial charge in [-0.25, -0.2) is 0 Å². The molecule has 3 unspecified atom stereocenters. The summed E-state index contributed by atoms with van der Waals surface area (Å²) in [4.78, 5) is 24.7. The van der Waals surface area contributed by atoms with E-state index in [1.807, 2.05) is 49.4 Å². The lowest BCUT2D eigenvalue weighted by molar-refractivity contribution is -0.125. The van der Waals surface area contributed by atoms with E-state index < -0.39 is 0 Å². The molecule has 5 nitrogen and oxygen atoms in total. The first-order chi connectivity index (χ1) is 12.1. The molecule has 3 rings (SSSR count). The molecule has 2 aromatic rings. The van der Waals surface area contributed by atoms with Gasteiger partial charge in [-0.3, -0.25) is 9.59 Å². The monoisotopic (exact) mass is 338 g/mol. The molecule has 2 N–H and O–H groups in total. The molecule has 2 aromatic carbocycles. The van der Waals surface area contributed by atoms with Gasteiger partial charge in [0.2, 0.25) is 11.8 Å². The molecular weight excluding hydrogens is 316 g/mol. The summed E-state index contributed by atoms with van der Waals surface area (Å²) < 4.78 is 5.14. The lowest BCUT2D eigenvalue weighted by atomic mass is 10.1. The summed E-state index contributed by atoms with van der Waals surface area (Å²) >= 11 is 0. The highest BCUT2D eigenvalue weighted by Gasteiger charge is 2.48. The van der Waals surface area contributed by atoms with Gasteiger partial charge in [0.15, 0.2) is 0 Å². The van der Waals surface area contributed by atoms with Crippen molar-refractivity contribution in [3.05, 3.63) is 60.2 Å². The van der Waals surface area contributed by atoms with Crippen molar-refractivity contribution in [2.75, 3.05) is 12.4 Å². The van der Waals surface area contributed by atoms with Crippen LogP contribution in [0.25, 0.3) is 0 Å². The smallest absolute Gasteiger partial charge is 0.228 e. The molecule has 0 spiro atoms. The van der Waals surface area contributed by atoms with Gasteiger partial charge in [0.25, 0.3) is 0 Å². The predicted molar refractivity (Wildman–Crippen MR) is 96.2 cm³/mol. The molecule has 0 radical (unpaired) electrons. The molecule has 1 fully saturated rings. The molecule has 1 saturated carbocycles. The molecular formula is C20H22N2O3. The Balaban J connectivity index is 1.53. The Kier molecular flexibility index (Phi) is 5.03. The van der Waals surface area contributed by atoms with Gasteiger partial charge in [0.1, 0.15) is 5.75 Å². The van der Waals surface area contributed by atoms with Crippen LogP contribution < -0.4 is 15.4 Å². The minimum Gasteiger partial charge on any atom is -0.497 e. The molecule has 5 heteroatoms. The zero-order valence-corrected chi connectivity index (χ0v) is 14.4. The lowest BCUT2D eigenvalue weighted by Gasteiger charge is -2.14. The van der Waals surface area contributed by atoms with E-state index in [-0.39, 0.29) is 29.7 Å². The second-order valence-electron chi connectivity index (χ2n) is 6.31. The molecule has 2 amide bonds.